The molecule has 19 heavy (non-hydrogen) atoms. The molecule has 0 saturated heterocycles. The Bertz CT molecular complexity index is 511. The van der Waals surface area contributed by atoms with E-state index in [2.05, 4.69) is 30.7 Å². The van der Waals surface area contributed by atoms with Gasteiger partial charge in [0.25, 0.3) is 5.56 Å². The Kier molecular flexibility index (Phi) is 4.23. The molecule has 106 valence electrons. The predicted molar refractivity (Wildman–Crippen MR) is 83.4 cm³/mol. The quantitative estimate of drug-likeness (QED) is 0.739. The molecule has 1 saturated carbocycles. The third-order valence-electron chi connectivity index (χ3n) is 4.20. The lowest BCUT2D eigenvalue weighted by Gasteiger charge is -2.36. The fourth-order valence-electron chi connectivity index (χ4n) is 2.89. The Morgan fingerprint density at radius 1 is 1.26 bits per heavy atom. The van der Waals surface area contributed by atoms with Gasteiger partial charge in [-0.05, 0) is 59.6 Å². The molecule has 5 heteroatoms. The lowest BCUT2D eigenvalue weighted by molar-refractivity contribution is 0.167. The second-order valence-corrected chi connectivity index (χ2v) is 7.58. The molecule has 1 aromatic heterocycles. The van der Waals surface area contributed by atoms with Crippen LogP contribution in [0.25, 0.3) is 0 Å². The lowest BCUT2D eigenvalue weighted by atomic mass is 9.70. The highest BCUT2D eigenvalue weighted by Gasteiger charge is 2.31. The average molecular weight is 376 g/mol. The molecule has 0 aliphatic heterocycles. The molecule has 0 amide bonds. The van der Waals surface area contributed by atoms with Crippen LogP contribution >= 0.6 is 22.6 Å². The van der Waals surface area contributed by atoms with E-state index in [4.69, 9.17) is 0 Å². The lowest BCUT2D eigenvalue weighted by Crippen LogP contribution is -2.26. The van der Waals surface area contributed by atoms with Gasteiger partial charge in [0.1, 0.15) is 9.39 Å². The van der Waals surface area contributed by atoms with Crippen molar-refractivity contribution in [1.29, 1.82) is 0 Å². The smallest absolute Gasteiger partial charge is 0.268 e. The fraction of sp³-hybridized carbons (Fsp3) is 0.714. The van der Waals surface area contributed by atoms with Crippen LogP contribution in [0.5, 0.6) is 5.88 Å². The van der Waals surface area contributed by atoms with Crippen molar-refractivity contribution in [2.45, 2.75) is 52.4 Å². The van der Waals surface area contributed by atoms with Gasteiger partial charge < -0.3 is 10.1 Å². The van der Waals surface area contributed by atoms with Gasteiger partial charge in [-0.1, -0.05) is 20.8 Å². The van der Waals surface area contributed by atoms with Crippen LogP contribution in [0.2, 0.25) is 0 Å². The van der Waals surface area contributed by atoms with Gasteiger partial charge in [-0.15, -0.1) is 0 Å². The average Bonchev–Trinajstić information content (AvgIpc) is 2.34. The van der Waals surface area contributed by atoms with Crippen molar-refractivity contribution >= 4 is 22.6 Å². The van der Waals surface area contributed by atoms with E-state index < -0.39 is 0 Å². The van der Waals surface area contributed by atoms with E-state index in [0.717, 1.165) is 31.6 Å². The number of H-pyrrole nitrogens is 1. The highest BCUT2D eigenvalue weighted by atomic mass is 127. The van der Waals surface area contributed by atoms with Gasteiger partial charge >= 0.3 is 0 Å². The number of hydrogen-bond acceptors (Lipinski definition) is 3. The van der Waals surface area contributed by atoms with E-state index in [1.54, 1.807) is 0 Å². The molecule has 0 spiro atoms. The minimum atomic E-state index is -0.235. The summed E-state index contributed by atoms with van der Waals surface area (Å²) in [7, 11) is 0. The Morgan fingerprint density at radius 2 is 1.84 bits per heavy atom. The number of rotatable bonds is 1. The summed E-state index contributed by atoms with van der Waals surface area (Å²) < 4.78 is 0.268. The predicted octanol–water partition coefficient (Wildman–Crippen LogP) is 3.40. The number of halogens is 1. The first-order valence-corrected chi connectivity index (χ1v) is 7.85. The highest BCUT2D eigenvalue weighted by Crippen LogP contribution is 2.42. The van der Waals surface area contributed by atoms with Crippen molar-refractivity contribution in [3.8, 4) is 5.88 Å². The molecule has 1 fully saturated rings. The number of nitrogens with zero attached hydrogens (tertiary/aromatic N) is 1. The minimum Gasteiger partial charge on any atom is -0.492 e. The minimum absolute atomic E-state index is 0.141. The molecule has 1 aliphatic rings. The van der Waals surface area contributed by atoms with Crippen LogP contribution in [0.3, 0.4) is 0 Å². The van der Waals surface area contributed by atoms with Crippen LogP contribution in [-0.4, -0.2) is 15.1 Å². The Balaban J connectivity index is 2.12. The van der Waals surface area contributed by atoms with Gasteiger partial charge in [-0.2, -0.15) is 4.98 Å². The van der Waals surface area contributed by atoms with E-state index in [1.807, 2.05) is 22.6 Å². The molecule has 0 atom stereocenters. The number of nitrogens with one attached hydrogen (secondary N) is 1. The van der Waals surface area contributed by atoms with Gasteiger partial charge in [-0.3, -0.25) is 4.79 Å². The molecule has 1 heterocycles. The van der Waals surface area contributed by atoms with Crippen molar-refractivity contribution in [3.05, 3.63) is 19.7 Å². The van der Waals surface area contributed by atoms with Crippen molar-refractivity contribution in [2.24, 2.45) is 11.3 Å². The monoisotopic (exact) mass is 376 g/mol. The van der Waals surface area contributed by atoms with E-state index in [0.29, 0.717) is 11.2 Å². The van der Waals surface area contributed by atoms with E-state index in [9.17, 15) is 9.90 Å². The first-order chi connectivity index (χ1) is 8.79. The summed E-state index contributed by atoms with van der Waals surface area (Å²) >= 11 is 1.81. The Hall–Kier alpha value is -0.590. The first kappa shape index (κ1) is 14.8. The zero-order valence-corrected chi connectivity index (χ0v) is 13.8. The largest absolute Gasteiger partial charge is 0.492 e. The first-order valence-electron chi connectivity index (χ1n) is 6.77. The summed E-state index contributed by atoms with van der Waals surface area (Å²) in [5.74, 6) is 1.51. The fourth-order valence-corrected chi connectivity index (χ4v) is 3.15. The Labute approximate surface area is 127 Å². The molecular formula is C14H21IN2O2. The van der Waals surface area contributed by atoms with E-state index in [-0.39, 0.29) is 20.9 Å². The molecule has 2 rings (SSSR count). The maximum Gasteiger partial charge on any atom is 0.268 e. The topological polar surface area (TPSA) is 66.0 Å². The molecule has 1 aliphatic carbocycles. The molecule has 0 aromatic carbocycles. The number of aromatic hydroxyl groups is 1. The van der Waals surface area contributed by atoms with Gasteiger partial charge in [-0.25, -0.2) is 0 Å². The zero-order chi connectivity index (χ0) is 14.2. The van der Waals surface area contributed by atoms with Crippen molar-refractivity contribution < 1.29 is 5.11 Å². The maximum absolute atomic E-state index is 11.7. The van der Waals surface area contributed by atoms with Crippen molar-refractivity contribution in [2.75, 3.05) is 0 Å². The molecule has 0 radical (unpaired) electrons. The Morgan fingerprint density at radius 3 is 2.32 bits per heavy atom. The second kappa shape index (κ2) is 5.42. The van der Waals surface area contributed by atoms with Crippen LogP contribution in [0.4, 0.5) is 0 Å². The standard InChI is InChI=1S/C14H21IN2O2/c1-14(2,3)9-6-4-8(5-7-9)11-16-12(18)10(15)13(19)17-11/h8-9H,4-7H2,1-3H3,(H2,16,17,18,19). The third kappa shape index (κ3) is 3.30. The SMILES string of the molecule is CC(C)(C)C1CCC(c2nc(O)c(I)c(=O)[nH]2)CC1. The summed E-state index contributed by atoms with van der Waals surface area (Å²) in [6.07, 6.45) is 4.38. The number of aromatic nitrogens is 2. The van der Waals surface area contributed by atoms with Gasteiger partial charge in [0.2, 0.25) is 5.88 Å². The molecular weight excluding hydrogens is 355 g/mol. The van der Waals surface area contributed by atoms with Gasteiger partial charge in [0, 0.05) is 5.92 Å². The van der Waals surface area contributed by atoms with Crippen LogP contribution in [0, 0.1) is 14.9 Å². The van der Waals surface area contributed by atoms with Gasteiger partial charge in [0.05, 0.1) is 0 Å². The van der Waals surface area contributed by atoms with Crippen LogP contribution in [0.1, 0.15) is 58.2 Å². The summed E-state index contributed by atoms with van der Waals surface area (Å²) in [5, 5.41) is 9.65. The number of aromatic amines is 1. The maximum atomic E-state index is 11.7. The third-order valence-corrected chi connectivity index (χ3v) is 5.17. The molecule has 1 aromatic rings. The summed E-state index contributed by atoms with van der Waals surface area (Å²) in [5.41, 5.74) is 0.112. The van der Waals surface area contributed by atoms with Crippen molar-refractivity contribution in [1.82, 2.24) is 9.97 Å². The van der Waals surface area contributed by atoms with Crippen LogP contribution in [0.15, 0.2) is 4.79 Å². The molecule has 2 N–H and O–H groups in total. The molecule has 0 unspecified atom stereocenters. The second-order valence-electron chi connectivity index (χ2n) is 6.50. The summed E-state index contributed by atoms with van der Waals surface area (Å²) in [6.45, 7) is 6.86. The van der Waals surface area contributed by atoms with Crippen LogP contribution < -0.4 is 5.56 Å². The normalized spacial score (nSPS) is 24.4. The van der Waals surface area contributed by atoms with Crippen LogP contribution in [-0.2, 0) is 0 Å². The van der Waals surface area contributed by atoms with E-state index >= 15 is 0 Å². The zero-order valence-electron chi connectivity index (χ0n) is 11.7. The molecule has 4 nitrogen and oxygen atoms in total. The highest BCUT2D eigenvalue weighted by molar-refractivity contribution is 14.1. The van der Waals surface area contributed by atoms with E-state index in [1.165, 1.54) is 0 Å². The summed E-state index contributed by atoms with van der Waals surface area (Å²) in [4.78, 5) is 18.6. The van der Waals surface area contributed by atoms with Crippen molar-refractivity contribution in [3.63, 3.8) is 0 Å². The molecule has 0 bridgehead atoms. The summed E-state index contributed by atoms with van der Waals surface area (Å²) in [6, 6.07) is 0. The van der Waals surface area contributed by atoms with Gasteiger partial charge in [0.15, 0.2) is 0 Å². The number of hydrogen-bond donors (Lipinski definition) is 2.